The molecule has 0 aliphatic rings. The number of non-ortho nitro benzene ring substituents is 1. The van der Waals surface area contributed by atoms with Gasteiger partial charge in [0.05, 0.1) is 11.0 Å². The summed E-state index contributed by atoms with van der Waals surface area (Å²) in [5, 5.41) is 10.6. The third-order valence-corrected chi connectivity index (χ3v) is 2.54. The summed E-state index contributed by atoms with van der Waals surface area (Å²) in [6.07, 6.45) is 0. The monoisotopic (exact) mass is 275 g/mol. The average Bonchev–Trinajstić information content (AvgIpc) is 2.45. The first-order chi connectivity index (χ1) is 9.56. The van der Waals surface area contributed by atoms with Crippen molar-refractivity contribution in [3.05, 3.63) is 70.0 Å². The number of Topliss-reactive ketones (excluding diaryl/α,β-unsaturated/α-hetero) is 1. The normalized spacial score (nSPS) is 10.1. The van der Waals surface area contributed by atoms with Gasteiger partial charge in [0.25, 0.3) is 5.69 Å². The van der Waals surface area contributed by atoms with Gasteiger partial charge < -0.3 is 4.74 Å². The molecule has 2 aromatic carbocycles. The zero-order valence-corrected chi connectivity index (χ0v) is 10.3. The van der Waals surface area contributed by atoms with E-state index in [-0.39, 0.29) is 23.6 Å². The molecule has 0 unspecified atom stereocenters. The first kappa shape index (κ1) is 13.7. The van der Waals surface area contributed by atoms with Gasteiger partial charge in [0.2, 0.25) is 0 Å². The van der Waals surface area contributed by atoms with Crippen LogP contribution in [0, 0.1) is 15.9 Å². The Morgan fingerprint density at radius 2 is 1.95 bits per heavy atom. The summed E-state index contributed by atoms with van der Waals surface area (Å²) in [6, 6.07) is 10.8. The third-order valence-electron chi connectivity index (χ3n) is 2.54. The summed E-state index contributed by atoms with van der Waals surface area (Å²) in [7, 11) is 0. The quantitative estimate of drug-likeness (QED) is 0.478. The number of benzene rings is 2. The fourth-order valence-electron chi connectivity index (χ4n) is 1.58. The molecule has 0 saturated heterocycles. The maximum atomic E-state index is 13.0. The highest BCUT2D eigenvalue weighted by atomic mass is 19.1. The highest BCUT2D eigenvalue weighted by molar-refractivity contribution is 5.97. The van der Waals surface area contributed by atoms with Gasteiger partial charge >= 0.3 is 0 Å². The molecule has 6 heteroatoms. The molecule has 0 fully saturated rings. The lowest BCUT2D eigenvalue weighted by molar-refractivity contribution is -0.384. The molecular formula is C14H10FNO4. The summed E-state index contributed by atoms with van der Waals surface area (Å²) in [5.41, 5.74) is 0.0659. The van der Waals surface area contributed by atoms with E-state index in [1.54, 1.807) is 0 Å². The summed E-state index contributed by atoms with van der Waals surface area (Å²) < 4.78 is 18.1. The number of rotatable bonds is 5. The number of halogens is 1. The van der Waals surface area contributed by atoms with Crippen LogP contribution in [-0.4, -0.2) is 17.3 Å². The molecule has 0 N–H and O–H groups in total. The molecule has 0 heterocycles. The van der Waals surface area contributed by atoms with Crippen LogP contribution in [-0.2, 0) is 0 Å². The first-order valence-electron chi connectivity index (χ1n) is 5.72. The minimum absolute atomic E-state index is 0.124. The Hall–Kier alpha value is -2.76. The van der Waals surface area contributed by atoms with Gasteiger partial charge in [0.1, 0.15) is 11.6 Å². The highest BCUT2D eigenvalue weighted by Crippen LogP contribution is 2.19. The second-order valence-corrected chi connectivity index (χ2v) is 3.98. The topological polar surface area (TPSA) is 69.4 Å². The predicted octanol–water partition coefficient (Wildman–Crippen LogP) is 3.00. The predicted molar refractivity (Wildman–Crippen MR) is 69.3 cm³/mol. The van der Waals surface area contributed by atoms with E-state index in [0.717, 1.165) is 6.07 Å². The van der Waals surface area contributed by atoms with Crippen LogP contribution in [0.3, 0.4) is 0 Å². The van der Waals surface area contributed by atoms with Gasteiger partial charge in [-0.05, 0) is 18.2 Å². The van der Waals surface area contributed by atoms with Gasteiger partial charge in [0.15, 0.2) is 12.4 Å². The van der Waals surface area contributed by atoms with E-state index in [1.807, 2.05) is 0 Å². The lowest BCUT2D eigenvalue weighted by Gasteiger charge is -2.05. The minimum Gasteiger partial charge on any atom is -0.485 e. The van der Waals surface area contributed by atoms with Gasteiger partial charge in [0, 0.05) is 11.6 Å². The van der Waals surface area contributed by atoms with Gasteiger partial charge in [-0.25, -0.2) is 4.39 Å². The molecule has 5 nitrogen and oxygen atoms in total. The summed E-state index contributed by atoms with van der Waals surface area (Å²) in [5.74, 6) is -0.703. The molecule has 0 amide bonds. The van der Waals surface area contributed by atoms with Crippen LogP contribution in [0.25, 0.3) is 0 Å². The fraction of sp³-hybridized carbons (Fsp3) is 0.0714. The van der Waals surface area contributed by atoms with Gasteiger partial charge in [-0.3, -0.25) is 14.9 Å². The van der Waals surface area contributed by atoms with Crippen molar-refractivity contribution in [3.8, 4) is 5.75 Å². The fourth-order valence-corrected chi connectivity index (χ4v) is 1.58. The standard InChI is InChI=1S/C14H10FNO4/c15-11-4-1-3-10(7-11)14(17)9-20-13-6-2-5-12(8-13)16(18)19/h1-8H,9H2. The molecule has 0 aliphatic heterocycles. The number of carbonyl (C=O) groups is 1. The molecule has 0 aliphatic carbocycles. The molecule has 0 spiro atoms. The summed E-state index contributed by atoms with van der Waals surface area (Å²) in [4.78, 5) is 21.8. The Bertz CT molecular complexity index is 657. The van der Waals surface area contributed by atoms with Crippen molar-refractivity contribution in [1.82, 2.24) is 0 Å². The van der Waals surface area contributed by atoms with Crippen molar-refractivity contribution in [3.63, 3.8) is 0 Å². The highest BCUT2D eigenvalue weighted by Gasteiger charge is 2.10. The smallest absolute Gasteiger partial charge is 0.273 e. The lowest BCUT2D eigenvalue weighted by Crippen LogP contribution is -2.11. The molecule has 20 heavy (non-hydrogen) atoms. The van der Waals surface area contributed by atoms with E-state index < -0.39 is 16.5 Å². The van der Waals surface area contributed by atoms with Crippen LogP contribution >= 0.6 is 0 Å². The Labute approximate surface area is 113 Å². The summed E-state index contributed by atoms with van der Waals surface area (Å²) >= 11 is 0. The van der Waals surface area contributed by atoms with Gasteiger partial charge in [-0.15, -0.1) is 0 Å². The van der Waals surface area contributed by atoms with Gasteiger partial charge in [-0.1, -0.05) is 18.2 Å². The Balaban J connectivity index is 2.03. The van der Waals surface area contributed by atoms with Crippen LogP contribution in [0.4, 0.5) is 10.1 Å². The second kappa shape index (κ2) is 5.92. The number of nitro groups is 1. The number of hydrogen-bond acceptors (Lipinski definition) is 4. The maximum Gasteiger partial charge on any atom is 0.273 e. The molecule has 0 bridgehead atoms. The van der Waals surface area contributed by atoms with Gasteiger partial charge in [-0.2, -0.15) is 0 Å². The SMILES string of the molecule is O=C(COc1cccc([N+](=O)[O-])c1)c1cccc(F)c1. The molecule has 102 valence electrons. The van der Waals surface area contributed by atoms with Crippen molar-refractivity contribution in [1.29, 1.82) is 0 Å². The molecule has 0 radical (unpaired) electrons. The van der Waals surface area contributed by atoms with E-state index in [2.05, 4.69) is 0 Å². The Morgan fingerprint density at radius 1 is 1.20 bits per heavy atom. The third kappa shape index (κ3) is 3.38. The average molecular weight is 275 g/mol. The first-order valence-corrected chi connectivity index (χ1v) is 5.72. The summed E-state index contributed by atoms with van der Waals surface area (Å²) in [6.45, 7) is -0.315. The molecular weight excluding hydrogens is 265 g/mol. The van der Waals surface area contributed by atoms with Crippen LogP contribution in [0.15, 0.2) is 48.5 Å². The second-order valence-electron chi connectivity index (χ2n) is 3.98. The Morgan fingerprint density at radius 3 is 2.65 bits per heavy atom. The Kier molecular flexibility index (Phi) is 4.05. The van der Waals surface area contributed by atoms with Crippen LogP contribution < -0.4 is 4.74 Å². The van der Waals surface area contributed by atoms with Crippen LogP contribution in [0.2, 0.25) is 0 Å². The zero-order valence-electron chi connectivity index (χ0n) is 10.3. The molecule has 0 saturated carbocycles. The number of carbonyl (C=O) groups excluding carboxylic acids is 1. The molecule has 2 aromatic rings. The van der Waals surface area contributed by atoms with Crippen molar-refractivity contribution in [2.24, 2.45) is 0 Å². The van der Waals surface area contributed by atoms with E-state index in [9.17, 15) is 19.3 Å². The number of nitrogens with zero attached hydrogens (tertiary/aromatic N) is 1. The molecule has 2 rings (SSSR count). The number of ether oxygens (including phenoxy) is 1. The van der Waals surface area contributed by atoms with E-state index in [1.165, 1.54) is 42.5 Å². The zero-order chi connectivity index (χ0) is 14.5. The van der Waals surface area contributed by atoms with E-state index in [4.69, 9.17) is 4.74 Å². The number of nitro benzene ring substituents is 1. The van der Waals surface area contributed by atoms with Crippen molar-refractivity contribution in [2.45, 2.75) is 0 Å². The molecule has 0 atom stereocenters. The number of ketones is 1. The number of hydrogen-bond donors (Lipinski definition) is 0. The minimum atomic E-state index is -0.554. The maximum absolute atomic E-state index is 13.0. The van der Waals surface area contributed by atoms with Crippen molar-refractivity contribution in [2.75, 3.05) is 6.61 Å². The van der Waals surface area contributed by atoms with Crippen LogP contribution in [0.5, 0.6) is 5.75 Å². The van der Waals surface area contributed by atoms with E-state index in [0.29, 0.717) is 0 Å². The van der Waals surface area contributed by atoms with Crippen molar-refractivity contribution >= 4 is 11.5 Å². The van der Waals surface area contributed by atoms with E-state index >= 15 is 0 Å². The molecule has 0 aromatic heterocycles. The lowest BCUT2D eigenvalue weighted by atomic mass is 10.1. The largest absolute Gasteiger partial charge is 0.485 e. The van der Waals surface area contributed by atoms with Crippen LogP contribution in [0.1, 0.15) is 10.4 Å². The van der Waals surface area contributed by atoms with Crippen molar-refractivity contribution < 1.29 is 18.8 Å².